The molecule has 0 aliphatic rings. The number of nitrogens with zero attached hydrogens (tertiary/aromatic N) is 3. The average Bonchev–Trinajstić information content (AvgIpc) is 3.03. The van der Waals surface area contributed by atoms with Gasteiger partial charge in [-0.05, 0) is 25.0 Å². The van der Waals surface area contributed by atoms with Crippen LogP contribution in [0.5, 0.6) is 0 Å². The molecule has 0 aliphatic carbocycles. The van der Waals surface area contributed by atoms with Crippen LogP contribution in [-0.2, 0) is 6.54 Å². The van der Waals surface area contributed by atoms with E-state index in [0.717, 1.165) is 31.7 Å². The number of anilines is 1. The molecule has 2 N–H and O–H groups in total. The molecule has 0 bridgehead atoms. The summed E-state index contributed by atoms with van der Waals surface area (Å²) >= 11 is 0. The standard InChI is InChI=1S/C15H21N5O/c1-2-7-17-14-6-3-5-13(19-14)15(21)18-8-4-10-20-11-9-16-12-20/h3,5-6,9,11-12H,2,4,7-8,10H2,1H3,(H,17,19)(H,18,21). The van der Waals surface area contributed by atoms with Crippen molar-refractivity contribution in [2.24, 2.45) is 0 Å². The van der Waals surface area contributed by atoms with Crippen molar-refractivity contribution in [1.29, 1.82) is 0 Å². The second-order valence-electron chi connectivity index (χ2n) is 4.74. The van der Waals surface area contributed by atoms with Crippen molar-refractivity contribution in [1.82, 2.24) is 19.9 Å². The fraction of sp³-hybridized carbons (Fsp3) is 0.400. The molecule has 0 aliphatic heterocycles. The Kier molecular flexibility index (Phi) is 5.75. The van der Waals surface area contributed by atoms with E-state index >= 15 is 0 Å². The van der Waals surface area contributed by atoms with Gasteiger partial charge in [-0.25, -0.2) is 9.97 Å². The number of imidazole rings is 1. The van der Waals surface area contributed by atoms with Crippen LogP contribution >= 0.6 is 0 Å². The molecule has 2 heterocycles. The highest BCUT2D eigenvalue weighted by atomic mass is 16.1. The molecule has 1 amide bonds. The number of hydrogen-bond acceptors (Lipinski definition) is 4. The maximum Gasteiger partial charge on any atom is 0.269 e. The van der Waals surface area contributed by atoms with Crippen LogP contribution in [0.25, 0.3) is 0 Å². The number of nitrogens with one attached hydrogen (secondary N) is 2. The van der Waals surface area contributed by atoms with E-state index in [2.05, 4.69) is 27.5 Å². The lowest BCUT2D eigenvalue weighted by Gasteiger charge is -2.07. The van der Waals surface area contributed by atoms with Crippen molar-refractivity contribution < 1.29 is 4.79 Å². The van der Waals surface area contributed by atoms with Gasteiger partial charge < -0.3 is 15.2 Å². The van der Waals surface area contributed by atoms with E-state index in [4.69, 9.17) is 0 Å². The molecule has 0 saturated heterocycles. The number of rotatable bonds is 8. The van der Waals surface area contributed by atoms with Crippen molar-refractivity contribution in [3.05, 3.63) is 42.6 Å². The normalized spacial score (nSPS) is 10.3. The summed E-state index contributed by atoms with van der Waals surface area (Å²) in [7, 11) is 0. The van der Waals surface area contributed by atoms with Gasteiger partial charge in [-0.1, -0.05) is 13.0 Å². The number of aromatic nitrogens is 3. The third kappa shape index (κ3) is 4.91. The van der Waals surface area contributed by atoms with Gasteiger partial charge in [0, 0.05) is 32.0 Å². The molecule has 2 rings (SSSR count). The van der Waals surface area contributed by atoms with Crippen molar-refractivity contribution in [3.8, 4) is 0 Å². The zero-order valence-electron chi connectivity index (χ0n) is 12.2. The number of hydrogen-bond donors (Lipinski definition) is 2. The fourth-order valence-corrected chi connectivity index (χ4v) is 1.89. The molecule has 21 heavy (non-hydrogen) atoms. The summed E-state index contributed by atoms with van der Waals surface area (Å²) in [5.74, 6) is 0.601. The van der Waals surface area contributed by atoms with Gasteiger partial charge in [-0.3, -0.25) is 4.79 Å². The highest BCUT2D eigenvalue weighted by molar-refractivity contribution is 5.92. The quantitative estimate of drug-likeness (QED) is 0.728. The number of carbonyl (C=O) groups is 1. The minimum Gasteiger partial charge on any atom is -0.370 e. The topological polar surface area (TPSA) is 71.8 Å². The molecule has 0 unspecified atom stereocenters. The number of carbonyl (C=O) groups excluding carboxylic acids is 1. The van der Waals surface area contributed by atoms with E-state index in [1.165, 1.54) is 0 Å². The second kappa shape index (κ2) is 8.04. The molecule has 0 aromatic carbocycles. The van der Waals surface area contributed by atoms with Crippen molar-refractivity contribution in [2.75, 3.05) is 18.4 Å². The fourth-order valence-electron chi connectivity index (χ4n) is 1.89. The third-order valence-electron chi connectivity index (χ3n) is 2.98. The Morgan fingerprint density at radius 2 is 2.24 bits per heavy atom. The number of pyridine rings is 1. The van der Waals surface area contributed by atoms with Gasteiger partial charge in [-0.2, -0.15) is 0 Å². The molecule has 2 aromatic rings. The maximum absolute atomic E-state index is 12.0. The molecule has 2 aromatic heterocycles. The smallest absolute Gasteiger partial charge is 0.269 e. The summed E-state index contributed by atoms with van der Waals surface area (Å²) in [5, 5.41) is 6.06. The average molecular weight is 287 g/mol. The Labute approximate surface area is 124 Å². The molecule has 0 saturated carbocycles. The second-order valence-corrected chi connectivity index (χ2v) is 4.74. The van der Waals surface area contributed by atoms with Gasteiger partial charge in [-0.15, -0.1) is 0 Å². The Hall–Kier alpha value is -2.37. The Morgan fingerprint density at radius 1 is 1.33 bits per heavy atom. The van der Waals surface area contributed by atoms with Crippen LogP contribution in [0.2, 0.25) is 0 Å². The summed E-state index contributed by atoms with van der Waals surface area (Å²) < 4.78 is 1.99. The Bertz CT molecular complexity index is 553. The van der Waals surface area contributed by atoms with Crippen LogP contribution in [0, 0.1) is 0 Å². The number of amides is 1. The molecule has 0 spiro atoms. The van der Waals surface area contributed by atoms with Crippen LogP contribution in [0.15, 0.2) is 36.9 Å². The van der Waals surface area contributed by atoms with Gasteiger partial charge >= 0.3 is 0 Å². The summed E-state index contributed by atoms with van der Waals surface area (Å²) in [6.45, 7) is 4.39. The van der Waals surface area contributed by atoms with Crippen molar-refractivity contribution in [3.63, 3.8) is 0 Å². The highest BCUT2D eigenvalue weighted by Crippen LogP contribution is 2.05. The van der Waals surface area contributed by atoms with E-state index < -0.39 is 0 Å². The highest BCUT2D eigenvalue weighted by Gasteiger charge is 2.07. The minimum atomic E-state index is -0.138. The van der Waals surface area contributed by atoms with Crippen molar-refractivity contribution in [2.45, 2.75) is 26.3 Å². The lowest BCUT2D eigenvalue weighted by molar-refractivity contribution is 0.0948. The molecular weight excluding hydrogens is 266 g/mol. The van der Waals surface area contributed by atoms with Crippen molar-refractivity contribution >= 4 is 11.7 Å². The van der Waals surface area contributed by atoms with Crippen LogP contribution in [0.3, 0.4) is 0 Å². The molecular formula is C15H21N5O. The zero-order chi connectivity index (χ0) is 14.9. The number of aryl methyl sites for hydroxylation is 1. The van der Waals surface area contributed by atoms with Crippen LogP contribution in [0.4, 0.5) is 5.82 Å². The summed E-state index contributed by atoms with van der Waals surface area (Å²) in [5.41, 5.74) is 0.443. The predicted molar refractivity (Wildman–Crippen MR) is 82.2 cm³/mol. The van der Waals surface area contributed by atoms with Crippen LogP contribution < -0.4 is 10.6 Å². The molecule has 0 radical (unpaired) electrons. The van der Waals surface area contributed by atoms with Gasteiger partial charge in [0.1, 0.15) is 11.5 Å². The van der Waals surface area contributed by atoms with Gasteiger partial charge in [0.2, 0.25) is 0 Å². The molecule has 6 nitrogen and oxygen atoms in total. The van der Waals surface area contributed by atoms with Gasteiger partial charge in [0.05, 0.1) is 6.33 Å². The van der Waals surface area contributed by atoms with Crippen LogP contribution in [-0.4, -0.2) is 33.5 Å². The van der Waals surface area contributed by atoms with E-state index in [1.807, 2.05) is 22.9 Å². The summed E-state index contributed by atoms with van der Waals surface area (Å²) in [6, 6.07) is 5.43. The summed E-state index contributed by atoms with van der Waals surface area (Å²) in [4.78, 5) is 20.3. The first-order chi connectivity index (χ1) is 10.3. The predicted octanol–water partition coefficient (Wildman–Crippen LogP) is 1.92. The first kappa shape index (κ1) is 15.0. The van der Waals surface area contributed by atoms with Gasteiger partial charge in [0.25, 0.3) is 5.91 Å². The lowest BCUT2D eigenvalue weighted by atomic mass is 10.3. The van der Waals surface area contributed by atoms with E-state index in [0.29, 0.717) is 12.2 Å². The molecule has 112 valence electrons. The summed E-state index contributed by atoms with van der Waals surface area (Å²) in [6.07, 6.45) is 7.30. The maximum atomic E-state index is 12.0. The van der Waals surface area contributed by atoms with Gasteiger partial charge in [0.15, 0.2) is 0 Å². The Morgan fingerprint density at radius 3 is 3.00 bits per heavy atom. The molecule has 0 atom stereocenters. The Balaban J connectivity index is 1.77. The largest absolute Gasteiger partial charge is 0.370 e. The SMILES string of the molecule is CCCNc1cccc(C(=O)NCCCn2ccnc2)n1. The minimum absolute atomic E-state index is 0.138. The zero-order valence-corrected chi connectivity index (χ0v) is 12.2. The lowest BCUT2D eigenvalue weighted by Crippen LogP contribution is -2.26. The van der Waals surface area contributed by atoms with Crippen LogP contribution in [0.1, 0.15) is 30.3 Å². The molecule has 6 heteroatoms. The van der Waals surface area contributed by atoms with E-state index in [-0.39, 0.29) is 5.91 Å². The van der Waals surface area contributed by atoms with E-state index in [1.54, 1.807) is 18.6 Å². The third-order valence-corrected chi connectivity index (χ3v) is 2.98. The van der Waals surface area contributed by atoms with E-state index in [9.17, 15) is 4.79 Å². The first-order valence-corrected chi connectivity index (χ1v) is 7.24. The molecule has 0 fully saturated rings. The monoisotopic (exact) mass is 287 g/mol. The first-order valence-electron chi connectivity index (χ1n) is 7.24.